The van der Waals surface area contributed by atoms with Gasteiger partial charge in [-0.25, -0.2) is 0 Å². The van der Waals surface area contributed by atoms with Crippen LogP contribution in [0.15, 0.2) is 22.7 Å². The number of carbonyl (C=O) groups excluding carboxylic acids is 1. The van der Waals surface area contributed by atoms with Gasteiger partial charge in [0.25, 0.3) is 0 Å². The van der Waals surface area contributed by atoms with Gasteiger partial charge >= 0.3 is 0 Å². The first-order valence-corrected chi connectivity index (χ1v) is 7.18. The molecule has 1 aliphatic heterocycles. The van der Waals surface area contributed by atoms with Crippen LogP contribution in [0.2, 0.25) is 0 Å². The molecule has 1 aromatic carbocycles. The highest BCUT2D eigenvalue weighted by Crippen LogP contribution is 2.28. The highest BCUT2D eigenvalue weighted by molar-refractivity contribution is 9.10. The van der Waals surface area contributed by atoms with Crippen LogP contribution in [-0.2, 0) is 0 Å². The minimum Gasteiger partial charge on any atom is -0.368 e. The lowest BCUT2D eigenvalue weighted by atomic mass is 10.1. The van der Waals surface area contributed by atoms with E-state index in [0.717, 1.165) is 36.9 Å². The summed E-state index contributed by atoms with van der Waals surface area (Å²) >= 11 is 3.56. The van der Waals surface area contributed by atoms with Gasteiger partial charge in [-0.1, -0.05) is 6.92 Å². The van der Waals surface area contributed by atoms with Crippen molar-refractivity contribution in [2.75, 3.05) is 31.1 Å². The molecular weight excluding hydrogens is 292 g/mol. The van der Waals surface area contributed by atoms with E-state index in [2.05, 4.69) is 39.6 Å². The van der Waals surface area contributed by atoms with Crippen LogP contribution in [0.1, 0.15) is 24.2 Å². The third-order valence-corrected chi connectivity index (χ3v) is 4.25. The Morgan fingerprint density at radius 2 is 2.22 bits per heavy atom. The summed E-state index contributed by atoms with van der Waals surface area (Å²) in [6, 6.07) is 6.37. The second-order valence-electron chi connectivity index (χ2n) is 4.75. The summed E-state index contributed by atoms with van der Waals surface area (Å²) in [5, 5.41) is 0. The number of likely N-dealkylation sites (N-methyl/N-ethyl adjacent to an activating group) is 1. The minimum absolute atomic E-state index is 0.571. The summed E-state index contributed by atoms with van der Waals surface area (Å²) in [5.74, 6) is 0. The average molecular weight is 311 g/mol. The first-order chi connectivity index (χ1) is 8.65. The number of aldehydes is 1. The van der Waals surface area contributed by atoms with Crippen LogP contribution in [0.3, 0.4) is 0 Å². The number of nitrogens with zero attached hydrogens (tertiary/aromatic N) is 2. The number of hydrogen-bond donors (Lipinski definition) is 0. The summed E-state index contributed by atoms with van der Waals surface area (Å²) in [7, 11) is 0. The van der Waals surface area contributed by atoms with Crippen molar-refractivity contribution < 1.29 is 4.79 Å². The lowest BCUT2D eigenvalue weighted by molar-refractivity contribution is 0.112. The molecule has 4 heteroatoms. The molecule has 1 heterocycles. The van der Waals surface area contributed by atoms with Gasteiger partial charge in [-0.2, -0.15) is 0 Å². The second kappa shape index (κ2) is 5.85. The SMILES string of the molecule is CCN1CCN(c2ccc(C=O)cc2Br)CC1C. The van der Waals surface area contributed by atoms with Gasteiger partial charge in [0.2, 0.25) is 0 Å². The molecule has 18 heavy (non-hydrogen) atoms. The van der Waals surface area contributed by atoms with Crippen molar-refractivity contribution in [1.82, 2.24) is 4.90 Å². The van der Waals surface area contributed by atoms with E-state index in [1.807, 2.05) is 18.2 Å². The molecule has 1 aliphatic rings. The molecule has 0 spiro atoms. The first-order valence-electron chi connectivity index (χ1n) is 6.39. The zero-order valence-electron chi connectivity index (χ0n) is 10.9. The van der Waals surface area contributed by atoms with Crippen LogP contribution in [-0.4, -0.2) is 43.4 Å². The Kier molecular flexibility index (Phi) is 4.40. The van der Waals surface area contributed by atoms with Gasteiger partial charge in [0.05, 0.1) is 5.69 Å². The Bertz CT molecular complexity index is 436. The van der Waals surface area contributed by atoms with E-state index < -0.39 is 0 Å². The van der Waals surface area contributed by atoms with E-state index in [1.165, 1.54) is 5.69 Å². The maximum absolute atomic E-state index is 10.7. The Hall–Kier alpha value is -0.870. The molecule has 0 aliphatic carbocycles. The second-order valence-corrected chi connectivity index (χ2v) is 5.61. The van der Waals surface area contributed by atoms with Crippen LogP contribution in [0.25, 0.3) is 0 Å². The van der Waals surface area contributed by atoms with Crippen LogP contribution >= 0.6 is 15.9 Å². The molecule has 2 rings (SSSR count). The largest absolute Gasteiger partial charge is 0.368 e. The number of halogens is 1. The zero-order chi connectivity index (χ0) is 13.1. The number of piperazine rings is 1. The number of hydrogen-bond acceptors (Lipinski definition) is 3. The summed E-state index contributed by atoms with van der Waals surface area (Å²) < 4.78 is 1.00. The molecule has 0 amide bonds. The maximum atomic E-state index is 10.7. The van der Waals surface area contributed by atoms with Gasteiger partial charge in [0.1, 0.15) is 6.29 Å². The fraction of sp³-hybridized carbons (Fsp3) is 0.500. The molecule has 0 aromatic heterocycles. The van der Waals surface area contributed by atoms with E-state index in [9.17, 15) is 4.79 Å². The first kappa shape index (κ1) is 13.6. The van der Waals surface area contributed by atoms with Crippen LogP contribution in [0, 0.1) is 0 Å². The zero-order valence-corrected chi connectivity index (χ0v) is 12.5. The Morgan fingerprint density at radius 3 is 2.78 bits per heavy atom. The number of anilines is 1. The van der Waals surface area contributed by atoms with Gasteiger partial charge in [-0.15, -0.1) is 0 Å². The lowest BCUT2D eigenvalue weighted by Gasteiger charge is -2.40. The fourth-order valence-electron chi connectivity index (χ4n) is 2.54. The standard InChI is InChI=1S/C14H19BrN2O/c1-3-16-6-7-17(9-11(16)2)14-5-4-12(10-18)8-13(14)15/h4-5,8,10-11H,3,6-7,9H2,1-2H3. The Balaban J connectivity index is 2.15. The van der Waals surface area contributed by atoms with Gasteiger partial charge < -0.3 is 4.90 Å². The molecule has 0 saturated carbocycles. The third kappa shape index (κ3) is 2.75. The molecule has 0 bridgehead atoms. The van der Waals surface area contributed by atoms with Crippen LogP contribution in [0.4, 0.5) is 5.69 Å². The average Bonchev–Trinajstić information content (AvgIpc) is 2.38. The molecule has 1 saturated heterocycles. The van der Waals surface area contributed by atoms with E-state index in [4.69, 9.17) is 0 Å². The minimum atomic E-state index is 0.571. The smallest absolute Gasteiger partial charge is 0.150 e. The summed E-state index contributed by atoms with van der Waals surface area (Å²) in [6.07, 6.45) is 0.881. The van der Waals surface area contributed by atoms with E-state index in [1.54, 1.807) is 0 Å². The van der Waals surface area contributed by atoms with Crippen molar-refractivity contribution in [3.05, 3.63) is 28.2 Å². The predicted molar refractivity (Wildman–Crippen MR) is 78.5 cm³/mol. The Labute approximate surface area is 117 Å². The topological polar surface area (TPSA) is 23.6 Å². The molecule has 3 nitrogen and oxygen atoms in total. The number of rotatable bonds is 3. The van der Waals surface area contributed by atoms with E-state index >= 15 is 0 Å². The van der Waals surface area contributed by atoms with Crippen LogP contribution in [0.5, 0.6) is 0 Å². The van der Waals surface area contributed by atoms with E-state index in [-0.39, 0.29) is 0 Å². The quantitative estimate of drug-likeness (QED) is 0.802. The molecular formula is C14H19BrN2O. The summed E-state index contributed by atoms with van der Waals surface area (Å²) in [5.41, 5.74) is 1.90. The highest BCUT2D eigenvalue weighted by atomic mass is 79.9. The molecule has 1 fully saturated rings. The van der Waals surface area contributed by atoms with Gasteiger partial charge in [0, 0.05) is 35.7 Å². The molecule has 1 atom stereocenters. The molecule has 1 unspecified atom stereocenters. The fourth-order valence-corrected chi connectivity index (χ4v) is 3.18. The third-order valence-electron chi connectivity index (χ3n) is 3.62. The van der Waals surface area contributed by atoms with Crippen LogP contribution < -0.4 is 4.90 Å². The Morgan fingerprint density at radius 1 is 1.44 bits per heavy atom. The molecule has 98 valence electrons. The van der Waals surface area contributed by atoms with Crippen molar-refractivity contribution in [2.45, 2.75) is 19.9 Å². The van der Waals surface area contributed by atoms with Crippen molar-refractivity contribution in [3.63, 3.8) is 0 Å². The highest BCUT2D eigenvalue weighted by Gasteiger charge is 2.23. The number of benzene rings is 1. The van der Waals surface area contributed by atoms with Gasteiger partial charge in [-0.3, -0.25) is 9.69 Å². The molecule has 0 N–H and O–H groups in total. The summed E-state index contributed by atoms with van der Waals surface area (Å²) in [6.45, 7) is 8.76. The summed E-state index contributed by atoms with van der Waals surface area (Å²) in [4.78, 5) is 15.6. The van der Waals surface area contributed by atoms with Crippen molar-refractivity contribution in [3.8, 4) is 0 Å². The van der Waals surface area contributed by atoms with Crippen molar-refractivity contribution in [2.24, 2.45) is 0 Å². The van der Waals surface area contributed by atoms with Gasteiger partial charge in [0.15, 0.2) is 0 Å². The van der Waals surface area contributed by atoms with Crippen molar-refractivity contribution in [1.29, 1.82) is 0 Å². The predicted octanol–water partition coefficient (Wildman–Crippen LogP) is 2.79. The van der Waals surface area contributed by atoms with Crippen molar-refractivity contribution >= 4 is 27.9 Å². The maximum Gasteiger partial charge on any atom is 0.150 e. The lowest BCUT2D eigenvalue weighted by Crippen LogP contribution is -2.51. The molecule has 1 aromatic rings. The number of carbonyl (C=O) groups is 1. The van der Waals surface area contributed by atoms with E-state index in [0.29, 0.717) is 11.6 Å². The normalized spacial score (nSPS) is 21.1. The molecule has 0 radical (unpaired) electrons. The van der Waals surface area contributed by atoms with Gasteiger partial charge in [-0.05, 0) is 47.6 Å². The monoisotopic (exact) mass is 310 g/mol.